The van der Waals surface area contributed by atoms with Crippen molar-refractivity contribution in [1.29, 1.82) is 0 Å². The van der Waals surface area contributed by atoms with Crippen molar-refractivity contribution >= 4 is 5.91 Å². The summed E-state index contributed by atoms with van der Waals surface area (Å²) < 4.78 is 0. The Kier molecular flexibility index (Phi) is 3.73. The van der Waals surface area contributed by atoms with Gasteiger partial charge in [-0.05, 0) is 34.4 Å². The zero-order valence-electron chi connectivity index (χ0n) is 11.5. The lowest BCUT2D eigenvalue weighted by atomic mass is 9.96. The van der Waals surface area contributed by atoms with Crippen LogP contribution in [0, 0.1) is 0 Å². The monoisotopic (exact) mass is 283 g/mol. The van der Waals surface area contributed by atoms with Gasteiger partial charge in [0.2, 0.25) is 0 Å². The van der Waals surface area contributed by atoms with Gasteiger partial charge in [0.05, 0.1) is 13.2 Å². The summed E-state index contributed by atoms with van der Waals surface area (Å²) in [6.07, 6.45) is 0. The second-order valence-electron chi connectivity index (χ2n) is 5.10. The number of benzene rings is 2. The molecule has 0 saturated heterocycles. The van der Waals surface area contributed by atoms with Crippen molar-refractivity contribution in [2.75, 3.05) is 19.8 Å². The van der Waals surface area contributed by atoms with Crippen LogP contribution in [-0.4, -0.2) is 35.9 Å². The molecule has 1 amide bonds. The van der Waals surface area contributed by atoms with E-state index in [0.717, 1.165) is 22.3 Å². The second-order valence-corrected chi connectivity index (χ2v) is 5.10. The minimum Gasteiger partial charge on any atom is -0.395 e. The quantitative estimate of drug-likeness (QED) is 0.796. The third-order valence-corrected chi connectivity index (χ3v) is 3.90. The molecule has 0 bridgehead atoms. The van der Waals surface area contributed by atoms with Crippen molar-refractivity contribution < 1.29 is 15.0 Å². The predicted molar refractivity (Wildman–Crippen MR) is 80.2 cm³/mol. The van der Waals surface area contributed by atoms with E-state index in [-0.39, 0.29) is 31.6 Å². The van der Waals surface area contributed by atoms with Crippen LogP contribution in [0.5, 0.6) is 0 Å². The fraction of sp³-hybridized carbons (Fsp3) is 0.235. The van der Waals surface area contributed by atoms with Crippen LogP contribution in [0.4, 0.5) is 0 Å². The average Bonchev–Trinajstić information content (AvgIpc) is 2.85. The van der Waals surface area contributed by atoms with E-state index in [9.17, 15) is 9.90 Å². The van der Waals surface area contributed by atoms with Crippen LogP contribution < -0.4 is 5.32 Å². The van der Waals surface area contributed by atoms with Crippen LogP contribution in [0.15, 0.2) is 42.5 Å². The Labute approximate surface area is 123 Å². The lowest BCUT2D eigenvalue weighted by Gasteiger charge is -2.11. The van der Waals surface area contributed by atoms with E-state index in [1.54, 1.807) is 6.07 Å². The number of rotatable bonds is 4. The number of carbonyl (C=O) groups excluding carboxylic acids is 1. The highest BCUT2D eigenvalue weighted by atomic mass is 16.3. The fourth-order valence-corrected chi connectivity index (χ4v) is 2.92. The first kappa shape index (κ1) is 13.8. The fourth-order valence-electron chi connectivity index (χ4n) is 2.92. The maximum Gasteiger partial charge on any atom is 0.251 e. The molecule has 0 heterocycles. The third kappa shape index (κ3) is 2.33. The van der Waals surface area contributed by atoms with Gasteiger partial charge in [-0.15, -0.1) is 0 Å². The van der Waals surface area contributed by atoms with E-state index in [0.29, 0.717) is 5.56 Å². The second kappa shape index (κ2) is 5.68. The van der Waals surface area contributed by atoms with Gasteiger partial charge in [0.15, 0.2) is 0 Å². The van der Waals surface area contributed by atoms with Crippen molar-refractivity contribution in [2.24, 2.45) is 0 Å². The van der Waals surface area contributed by atoms with Crippen LogP contribution in [0.1, 0.15) is 27.4 Å². The Hall–Kier alpha value is -2.17. The average molecular weight is 283 g/mol. The number of fused-ring (bicyclic) bond motifs is 3. The molecule has 1 atom stereocenters. The smallest absolute Gasteiger partial charge is 0.251 e. The topological polar surface area (TPSA) is 69.6 Å². The van der Waals surface area contributed by atoms with Crippen molar-refractivity contribution in [3.63, 3.8) is 0 Å². The summed E-state index contributed by atoms with van der Waals surface area (Å²) in [6, 6.07) is 13.5. The zero-order valence-corrected chi connectivity index (χ0v) is 11.5. The first-order valence-electron chi connectivity index (χ1n) is 6.99. The first-order chi connectivity index (χ1) is 10.3. The van der Waals surface area contributed by atoms with Gasteiger partial charge in [0.25, 0.3) is 5.91 Å². The highest BCUT2D eigenvalue weighted by Crippen LogP contribution is 2.44. The molecular formula is C17H17NO3. The normalized spacial score (nSPS) is 15.4. The Morgan fingerprint density at radius 3 is 2.57 bits per heavy atom. The summed E-state index contributed by atoms with van der Waals surface area (Å²) in [4.78, 5) is 12.0. The van der Waals surface area contributed by atoms with E-state index >= 15 is 0 Å². The van der Waals surface area contributed by atoms with Crippen molar-refractivity contribution in [3.8, 4) is 11.1 Å². The van der Waals surface area contributed by atoms with Crippen LogP contribution in [-0.2, 0) is 0 Å². The summed E-state index contributed by atoms with van der Waals surface area (Å²) in [6.45, 7) is 0.173. The van der Waals surface area contributed by atoms with Crippen molar-refractivity contribution in [2.45, 2.75) is 5.92 Å². The third-order valence-electron chi connectivity index (χ3n) is 3.90. The number of carbonyl (C=O) groups is 1. The number of amides is 1. The molecule has 1 aliphatic carbocycles. The molecular weight excluding hydrogens is 266 g/mol. The summed E-state index contributed by atoms with van der Waals surface area (Å²) in [5, 5.41) is 21.1. The molecule has 2 aromatic rings. The standard InChI is InChI=1S/C17H17NO3/c19-8-7-18-17(21)11-5-6-14-12-3-1-2-4-13(12)16(10-20)15(14)9-11/h1-6,9,16,19-20H,7-8,10H2,(H,18,21). The summed E-state index contributed by atoms with van der Waals surface area (Å²) >= 11 is 0. The van der Waals surface area contributed by atoms with E-state index in [1.807, 2.05) is 36.4 Å². The molecule has 1 unspecified atom stereocenters. The molecule has 1 aliphatic rings. The van der Waals surface area contributed by atoms with Crippen LogP contribution in [0.25, 0.3) is 11.1 Å². The van der Waals surface area contributed by atoms with Crippen LogP contribution in [0.3, 0.4) is 0 Å². The van der Waals surface area contributed by atoms with Crippen LogP contribution in [0.2, 0.25) is 0 Å². The van der Waals surface area contributed by atoms with Gasteiger partial charge in [0.1, 0.15) is 0 Å². The summed E-state index contributed by atoms with van der Waals surface area (Å²) in [7, 11) is 0. The Bertz CT molecular complexity index is 681. The highest BCUT2D eigenvalue weighted by molar-refractivity contribution is 5.96. The lowest BCUT2D eigenvalue weighted by molar-refractivity contribution is 0.0944. The molecule has 2 aromatic carbocycles. The molecule has 21 heavy (non-hydrogen) atoms. The first-order valence-corrected chi connectivity index (χ1v) is 6.99. The predicted octanol–water partition coefficient (Wildman–Crippen LogP) is 1.51. The van der Waals surface area contributed by atoms with Gasteiger partial charge in [-0.1, -0.05) is 30.3 Å². The van der Waals surface area contributed by atoms with E-state index in [1.165, 1.54) is 0 Å². The number of nitrogens with one attached hydrogen (secondary N) is 1. The molecule has 4 nitrogen and oxygen atoms in total. The maximum atomic E-state index is 12.0. The molecule has 0 spiro atoms. The Morgan fingerprint density at radius 1 is 1.05 bits per heavy atom. The molecule has 0 aromatic heterocycles. The van der Waals surface area contributed by atoms with E-state index in [2.05, 4.69) is 5.32 Å². The minimum atomic E-state index is -0.209. The highest BCUT2D eigenvalue weighted by Gasteiger charge is 2.28. The number of aliphatic hydroxyl groups excluding tert-OH is 2. The van der Waals surface area contributed by atoms with Gasteiger partial charge >= 0.3 is 0 Å². The van der Waals surface area contributed by atoms with Gasteiger partial charge < -0.3 is 15.5 Å². The van der Waals surface area contributed by atoms with Gasteiger partial charge in [-0.2, -0.15) is 0 Å². The van der Waals surface area contributed by atoms with Crippen molar-refractivity contribution in [3.05, 3.63) is 59.2 Å². The lowest BCUT2D eigenvalue weighted by Crippen LogP contribution is -2.26. The summed E-state index contributed by atoms with van der Waals surface area (Å²) in [5.41, 5.74) is 4.82. The molecule has 3 rings (SSSR count). The SMILES string of the molecule is O=C(NCCO)c1ccc2c(c1)C(CO)c1ccccc1-2. The number of hydrogen-bond acceptors (Lipinski definition) is 3. The molecule has 0 radical (unpaired) electrons. The van der Waals surface area contributed by atoms with E-state index < -0.39 is 0 Å². The summed E-state index contributed by atoms with van der Waals surface area (Å²) in [5.74, 6) is -0.290. The van der Waals surface area contributed by atoms with Gasteiger partial charge in [0, 0.05) is 18.0 Å². The molecule has 3 N–H and O–H groups in total. The zero-order chi connectivity index (χ0) is 14.8. The molecule has 4 heteroatoms. The van der Waals surface area contributed by atoms with Gasteiger partial charge in [-0.25, -0.2) is 0 Å². The molecule has 0 fully saturated rings. The number of hydrogen-bond donors (Lipinski definition) is 3. The van der Waals surface area contributed by atoms with E-state index in [4.69, 9.17) is 5.11 Å². The van der Waals surface area contributed by atoms with Crippen LogP contribution >= 0.6 is 0 Å². The Morgan fingerprint density at radius 2 is 1.81 bits per heavy atom. The molecule has 108 valence electrons. The molecule has 0 saturated carbocycles. The number of aliphatic hydroxyl groups is 2. The molecule has 0 aliphatic heterocycles. The largest absolute Gasteiger partial charge is 0.395 e. The minimum absolute atomic E-state index is 0.0196. The maximum absolute atomic E-state index is 12.0. The Balaban J connectivity index is 2.00. The van der Waals surface area contributed by atoms with Gasteiger partial charge in [-0.3, -0.25) is 4.79 Å². The van der Waals surface area contributed by atoms with Crippen molar-refractivity contribution in [1.82, 2.24) is 5.32 Å².